The first-order valence-electron chi connectivity index (χ1n) is 5.72. The van der Waals surface area contributed by atoms with E-state index in [4.69, 9.17) is 5.11 Å². The third-order valence-electron chi connectivity index (χ3n) is 2.70. The Kier molecular flexibility index (Phi) is 5.12. The molecular weight excluding hydrogens is 218 g/mol. The predicted octanol–water partition coefficient (Wildman–Crippen LogP) is 1.52. The van der Waals surface area contributed by atoms with Crippen molar-refractivity contribution in [1.82, 2.24) is 4.90 Å². The van der Waals surface area contributed by atoms with E-state index < -0.39 is 12.0 Å². The second kappa shape index (κ2) is 6.37. The first kappa shape index (κ1) is 13.7. The Hall–Kier alpha value is -1.39. The maximum atomic E-state index is 11.4. The van der Waals surface area contributed by atoms with Crippen LogP contribution in [0.2, 0.25) is 0 Å². The molecule has 0 aliphatic carbocycles. The number of carboxylic acid groups (broad SMARTS) is 1. The lowest BCUT2D eigenvalue weighted by Crippen LogP contribution is -2.40. The van der Waals surface area contributed by atoms with E-state index in [2.05, 4.69) is 0 Å². The zero-order valence-corrected chi connectivity index (χ0v) is 10.2. The van der Waals surface area contributed by atoms with Gasteiger partial charge >= 0.3 is 5.97 Å². The molecule has 0 heterocycles. The average molecular weight is 237 g/mol. The molecule has 0 saturated carbocycles. The van der Waals surface area contributed by atoms with Gasteiger partial charge in [-0.25, -0.2) is 0 Å². The molecule has 0 saturated heterocycles. The van der Waals surface area contributed by atoms with Crippen molar-refractivity contribution < 1.29 is 15.0 Å². The highest BCUT2D eigenvalue weighted by molar-refractivity contribution is 5.75. The summed E-state index contributed by atoms with van der Waals surface area (Å²) >= 11 is 0. The van der Waals surface area contributed by atoms with Crippen LogP contribution in [0.5, 0.6) is 0 Å². The van der Waals surface area contributed by atoms with E-state index in [0.717, 1.165) is 5.56 Å². The summed E-state index contributed by atoms with van der Waals surface area (Å²) in [6.45, 7) is 4.15. The van der Waals surface area contributed by atoms with Gasteiger partial charge in [0.1, 0.15) is 6.04 Å². The van der Waals surface area contributed by atoms with Crippen molar-refractivity contribution in [3.63, 3.8) is 0 Å². The van der Waals surface area contributed by atoms with Crippen LogP contribution in [0.4, 0.5) is 0 Å². The number of nitrogens with zero attached hydrogens (tertiary/aromatic N) is 1. The SMILES string of the molecule is CC(C)N(CCO)C(C(=O)O)c1ccccc1. The number of aliphatic carboxylic acids is 1. The maximum Gasteiger partial charge on any atom is 0.325 e. The van der Waals surface area contributed by atoms with E-state index in [1.807, 2.05) is 32.0 Å². The molecule has 94 valence electrons. The average Bonchev–Trinajstić information content (AvgIpc) is 2.29. The van der Waals surface area contributed by atoms with Crippen molar-refractivity contribution in [2.45, 2.75) is 25.9 Å². The van der Waals surface area contributed by atoms with Crippen molar-refractivity contribution >= 4 is 5.97 Å². The summed E-state index contributed by atoms with van der Waals surface area (Å²) in [6.07, 6.45) is 0. The summed E-state index contributed by atoms with van der Waals surface area (Å²) in [5.41, 5.74) is 0.738. The molecule has 1 atom stereocenters. The molecule has 17 heavy (non-hydrogen) atoms. The smallest absolute Gasteiger partial charge is 0.325 e. The fourth-order valence-electron chi connectivity index (χ4n) is 1.91. The highest BCUT2D eigenvalue weighted by atomic mass is 16.4. The molecule has 2 N–H and O–H groups in total. The number of carbonyl (C=O) groups is 1. The molecule has 1 aromatic rings. The Labute approximate surface area is 101 Å². The number of aliphatic hydroxyl groups excluding tert-OH is 1. The summed E-state index contributed by atoms with van der Waals surface area (Å²) in [4.78, 5) is 13.2. The highest BCUT2D eigenvalue weighted by Crippen LogP contribution is 2.22. The van der Waals surface area contributed by atoms with Gasteiger partial charge in [0.05, 0.1) is 6.61 Å². The predicted molar refractivity (Wildman–Crippen MR) is 65.7 cm³/mol. The van der Waals surface area contributed by atoms with Crippen LogP contribution in [0.25, 0.3) is 0 Å². The van der Waals surface area contributed by atoms with Gasteiger partial charge in [0.15, 0.2) is 0 Å². The van der Waals surface area contributed by atoms with Gasteiger partial charge in [-0.15, -0.1) is 0 Å². The summed E-state index contributed by atoms with van der Waals surface area (Å²) in [6, 6.07) is 8.45. The molecule has 4 nitrogen and oxygen atoms in total. The van der Waals surface area contributed by atoms with E-state index in [1.54, 1.807) is 17.0 Å². The number of aliphatic hydroxyl groups is 1. The van der Waals surface area contributed by atoms with Gasteiger partial charge in [-0.3, -0.25) is 9.69 Å². The summed E-state index contributed by atoms with van der Waals surface area (Å²) < 4.78 is 0. The molecule has 1 unspecified atom stereocenters. The van der Waals surface area contributed by atoms with Crippen LogP contribution >= 0.6 is 0 Å². The molecule has 4 heteroatoms. The molecule has 0 aliphatic rings. The second-order valence-corrected chi connectivity index (χ2v) is 4.21. The van der Waals surface area contributed by atoms with E-state index >= 15 is 0 Å². The standard InChI is InChI=1S/C13H19NO3/c1-10(2)14(8-9-15)12(13(16)17)11-6-4-3-5-7-11/h3-7,10,12,15H,8-9H2,1-2H3,(H,16,17). The Balaban J connectivity index is 3.03. The van der Waals surface area contributed by atoms with E-state index in [-0.39, 0.29) is 12.6 Å². The minimum atomic E-state index is -0.890. The van der Waals surface area contributed by atoms with Gasteiger partial charge in [0.25, 0.3) is 0 Å². The molecule has 0 aromatic heterocycles. The third kappa shape index (κ3) is 3.54. The van der Waals surface area contributed by atoms with Crippen molar-refractivity contribution in [3.05, 3.63) is 35.9 Å². The number of benzene rings is 1. The summed E-state index contributed by atoms with van der Waals surface area (Å²) in [7, 11) is 0. The Morgan fingerprint density at radius 2 is 1.88 bits per heavy atom. The summed E-state index contributed by atoms with van der Waals surface area (Å²) in [5, 5.41) is 18.4. The first-order valence-corrected chi connectivity index (χ1v) is 5.72. The molecule has 1 aromatic carbocycles. The van der Waals surface area contributed by atoms with Crippen molar-refractivity contribution in [2.24, 2.45) is 0 Å². The lowest BCUT2D eigenvalue weighted by molar-refractivity contribution is -0.144. The van der Waals surface area contributed by atoms with Crippen LogP contribution in [-0.2, 0) is 4.79 Å². The Morgan fingerprint density at radius 1 is 1.29 bits per heavy atom. The Bertz CT molecular complexity index is 351. The molecule has 0 aliphatic heterocycles. The number of carboxylic acids is 1. The van der Waals surface area contributed by atoms with Gasteiger partial charge in [-0.2, -0.15) is 0 Å². The van der Waals surface area contributed by atoms with Gasteiger partial charge in [-0.1, -0.05) is 30.3 Å². The minimum absolute atomic E-state index is 0.0468. The zero-order chi connectivity index (χ0) is 12.8. The van der Waals surface area contributed by atoms with Crippen LogP contribution in [0.3, 0.4) is 0 Å². The zero-order valence-electron chi connectivity index (χ0n) is 10.2. The van der Waals surface area contributed by atoms with Crippen LogP contribution in [0, 0.1) is 0 Å². The molecule has 0 amide bonds. The van der Waals surface area contributed by atoms with Crippen LogP contribution in [-0.4, -0.2) is 40.3 Å². The van der Waals surface area contributed by atoms with Crippen LogP contribution < -0.4 is 0 Å². The van der Waals surface area contributed by atoms with Crippen molar-refractivity contribution in [2.75, 3.05) is 13.2 Å². The molecular formula is C13H19NO3. The van der Waals surface area contributed by atoms with E-state index in [1.165, 1.54) is 0 Å². The second-order valence-electron chi connectivity index (χ2n) is 4.21. The van der Waals surface area contributed by atoms with Gasteiger partial charge in [0, 0.05) is 12.6 Å². The largest absolute Gasteiger partial charge is 0.480 e. The molecule has 0 spiro atoms. The third-order valence-corrected chi connectivity index (χ3v) is 2.70. The molecule has 1 rings (SSSR count). The number of hydrogen-bond donors (Lipinski definition) is 2. The van der Waals surface area contributed by atoms with Crippen LogP contribution in [0.1, 0.15) is 25.5 Å². The fourth-order valence-corrected chi connectivity index (χ4v) is 1.91. The lowest BCUT2D eigenvalue weighted by atomic mass is 10.0. The maximum absolute atomic E-state index is 11.4. The topological polar surface area (TPSA) is 60.8 Å². The minimum Gasteiger partial charge on any atom is -0.480 e. The van der Waals surface area contributed by atoms with Crippen LogP contribution in [0.15, 0.2) is 30.3 Å². The number of hydrogen-bond acceptors (Lipinski definition) is 3. The highest BCUT2D eigenvalue weighted by Gasteiger charge is 2.28. The normalized spacial score (nSPS) is 13.0. The van der Waals surface area contributed by atoms with Crippen molar-refractivity contribution in [1.29, 1.82) is 0 Å². The van der Waals surface area contributed by atoms with Gasteiger partial charge in [0.2, 0.25) is 0 Å². The summed E-state index contributed by atoms with van der Waals surface area (Å²) in [5.74, 6) is -0.890. The van der Waals surface area contributed by atoms with Gasteiger partial charge in [-0.05, 0) is 19.4 Å². The van der Waals surface area contributed by atoms with Crippen molar-refractivity contribution in [3.8, 4) is 0 Å². The molecule has 0 radical (unpaired) electrons. The van der Waals surface area contributed by atoms with Gasteiger partial charge < -0.3 is 10.2 Å². The lowest BCUT2D eigenvalue weighted by Gasteiger charge is -2.31. The Morgan fingerprint density at radius 3 is 2.29 bits per heavy atom. The van der Waals surface area contributed by atoms with E-state index in [0.29, 0.717) is 6.54 Å². The monoisotopic (exact) mass is 237 g/mol. The molecule has 0 bridgehead atoms. The number of rotatable bonds is 6. The quantitative estimate of drug-likeness (QED) is 0.787. The first-order chi connectivity index (χ1) is 8.07. The molecule has 0 fully saturated rings. The van der Waals surface area contributed by atoms with E-state index in [9.17, 15) is 9.90 Å². The fraction of sp³-hybridized carbons (Fsp3) is 0.462.